The van der Waals surface area contributed by atoms with Crippen molar-refractivity contribution < 1.29 is 33.0 Å². The Morgan fingerprint density at radius 2 is 1.62 bits per heavy atom. The number of rotatable bonds is 10. The number of nitrogens with one attached hydrogen (secondary N) is 2. The maximum Gasteiger partial charge on any atom is 0.291 e. The summed E-state index contributed by atoms with van der Waals surface area (Å²) in [6, 6.07) is 13.4. The highest BCUT2D eigenvalue weighted by molar-refractivity contribution is 6.02. The maximum absolute atomic E-state index is 12.2. The predicted octanol–water partition coefficient (Wildman–Crippen LogP) is 3.25. The minimum absolute atomic E-state index is 0.164. The van der Waals surface area contributed by atoms with Gasteiger partial charge >= 0.3 is 0 Å². The molecule has 1 heterocycles. The van der Waals surface area contributed by atoms with Gasteiger partial charge in [-0.25, -0.2) is 0 Å². The third kappa shape index (κ3) is 5.72. The van der Waals surface area contributed by atoms with Gasteiger partial charge in [-0.15, -0.1) is 0 Å². The molecule has 0 unspecified atom stereocenters. The Balaban J connectivity index is 1.49. The number of furan rings is 1. The van der Waals surface area contributed by atoms with Crippen LogP contribution in [0, 0.1) is 0 Å². The quantitative estimate of drug-likeness (QED) is 0.498. The van der Waals surface area contributed by atoms with Gasteiger partial charge in [-0.05, 0) is 54.1 Å². The number of ether oxygens (including phenoxy) is 4. The molecule has 9 heteroatoms. The van der Waals surface area contributed by atoms with E-state index in [-0.39, 0.29) is 30.7 Å². The number of hydrogen-bond donors (Lipinski definition) is 2. The molecule has 0 saturated carbocycles. The van der Waals surface area contributed by atoms with Crippen molar-refractivity contribution in [1.82, 2.24) is 5.32 Å². The molecule has 0 aliphatic carbocycles. The second kappa shape index (κ2) is 10.8. The van der Waals surface area contributed by atoms with Gasteiger partial charge in [0.15, 0.2) is 23.9 Å². The summed E-state index contributed by atoms with van der Waals surface area (Å²) in [6.45, 7) is 0.0964. The van der Waals surface area contributed by atoms with Gasteiger partial charge in [-0.2, -0.15) is 0 Å². The first-order valence-corrected chi connectivity index (χ1v) is 9.67. The van der Waals surface area contributed by atoms with Crippen LogP contribution in [-0.4, -0.2) is 39.8 Å². The molecule has 0 aliphatic rings. The zero-order valence-electron chi connectivity index (χ0n) is 18.0. The zero-order chi connectivity index (χ0) is 22.9. The van der Waals surface area contributed by atoms with Crippen LogP contribution in [0.1, 0.15) is 16.1 Å². The van der Waals surface area contributed by atoms with Crippen molar-refractivity contribution in [1.29, 1.82) is 0 Å². The lowest BCUT2D eigenvalue weighted by Crippen LogP contribution is -2.28. The fraction of sp³-hybridized carbons (Fsp3) is 0.217. The average Bonchev–Trinajstić information content (AvgIpc) is 3.36. The first-order chi connectivity index (χ1) is 15.5. The van der Waals surface area contributed by atoms with Crippen LogP contribution in [0.25, 0.3) is 0 Å². The summed E-state index contributed by atoms with van der Waals surface area (Å²) < 4.78 is 26.5. The maximum atomic E-state index is 12.2. The summed E-state index contributed by atoms with van der Waals surface area (Å²) in [7, 11) is 4.58. The van der Waals surface area contributed by atoms with E-state index in [2.05, 4.69) is 10.6 Å². The summed E-state index contributed by atoms with van der Waals surface area (Å²) in [5, 5.41) is 5.48. The molecule has 0 saturated heterocycles. The molecule has 32 heavy (non-hydrogen) atoms. The van der Waals surface area contributed by atoms with Crippen LogP contribution in [-0.2, 0) is 11.3 Å². The SMILES string of the molecule is COc1cc(CNC(=O)COc2ccc(NC(=O)c3ccco3)cc2)cc(OC)c1OC. The molecule has 3 rings (SSSR count). The fourth-order valence-corrected chi connectivity index (χ4v) is 2.87. The molecular formula is C23H24N2O7. The van der Waals surface area contributed by atoms with E-state index < -0.39 is 0 Å². The van der Waals surface area contributed by atoms with Crippen molar-refractivity contribution in [3.05, 3.63) is 66.1 Å². The number of hydrogen-bond acceptors (Lipinski definition) is 7. The minimum atomic E-state index is -0.352. The van der Waals surface area contributed by atoms with E-state index in [4.69, 9.17) is 23.4 Å². The summed E-state index contributed by atoms with van der Waals surface area (Å²) in [6.07, 6.45) is 1.43. The topological polar surface area (TPSA) is 108 Å². The lowest BCUT2D eigenvalue weighted by atomic mass is 10.1. The summed E-state index contributed by atoms with van der Waals surface area (Å²) in [5.41, 5.74) is 1.36. The summed E-state index contributed by atoms with van der Waals surface area (Å²) in [5.74, 6) is 1.55. The van der Waals surface area contributed by atoms with Crippen molar-refractivity contribution in [3.8, 4) is 23.0 Å². The van der Waals surface area contributed by atoms with E-state index in [9.17, 15) is 9.59 Å². The standard InChI is InChI=1S/C23H24N2O7/c1-28-19-11-15(12-20(29-2)22(19)30-3)13-24-21(26)14-32-17-8-6-16(7-9-17)25-23(27)18-5-4-10-31-18/h4-12H,13-14H2,1-3H3,(H,24,26)(H,25,27). The largest absolute Gasteiger partial charge is 0.493 e. The monoisotopic (exact) mass is 440 g/mol. The van der Waals surface area contributed by atoms with Gasteiger partial charge in [-0.1, -0.05) is 0 Å². The Labute approximate surface area is 185 Å². The van der Waals surface area contributed by atoms with Gasteiger partial charge in [-0.3, -0.25) is 9.59 Å². The van der Waals surface area contributed by atoms with Gasteiger partial charge in [0.05, 0.1) is 27.6 Å². The molecule has 0 atom stereocenters. The molecule has 2 N–H and O–H groups in total. The molecule has 3 aromatic rings. The van der Waals surface area contributed by atoms with E-state index in [0.717, 1.165) is 5.56 Å². The Morgan fingerprint density at radius 1 is 0.938 bits per heavy atom. The fourth-order valence-electron chi connectivity index (χ4n) is 2.87. The van der Waals surface area contributed by atoms with E-state index in [1.54, 1.807) is 48.5 Å². The molecule has 1 aromatic heterocycles. The van der Waals surface area contributed by atoms with Gasteiger partial charge in [0.1, 0.15) is 5.75 Å². The van der Waals surface area contributed by atoms with Gasteiger partial charge in [0, 0.05) is 12.2 Å². The summed E-state index contributed by atoms with van der Waals surface area (Å²) >= 11 is 0. The van der Waals surface area contributed by atoms with Crippen LogP contribution >= 0.6 is 0 Å². The Hall–Kier alpha value is -4.14. The summed E-state index contributed by atoms with van der Waals surface area (Å²) in [4.78, 5) is 24.1. The molecular weight excluding hydrogens is 416 g/mol. The lowest BCUT2D eigenvalue weighted by Gasteiger charge is -2.14. The highest BCUT2D eigenvalue weighted by Crippen LogP contribution is 2.38. The van der Waals surface area contributed by atoms with Gasteiger partial charge in [0.25, 0.3) is 11.8 Å². The number of carbonyl (C=O) groups is 2. The molecule has 2 aromatic carbocycles. The van der Waals surface area contributed by atoms with Crippen molar-refractivity contribution in [2.75, 3.05) is 33.3 Å². The van der Waals surface area contributed by atoms with Gasteiger partial charge < -0.3 is 34.0 Å². The first-order valence-electron chi connectivity index (χ1n) is 9.67. The first kappa shape index (κ1) is 22.5. The minimum Gasteiger partial charge on any atom is -0.493 e. The number of methoxy groups -OCH3 is 3. The molecule has 0 aliphatic heterocycles. The van der Waals surface area contributed by atoms with Crippen LogP contribution in [0.2, 0.25) is 0 Å². The number of benzene rings is 2. The molecule has 0 bridgehead atoms. The Morgan fingerprint density at radius 3 is 2.19 bits per heavy atom. The lowest BCUT2D eigenvalue weighted by molar-refractivity contribution is -0.123. The van der Waals surface area contributed by atoms with E-state index in [1.807, 2.05) is 0 Å². The van der Waals surface area contributed by atoms with Crippen LogP contribution < -0.4 is 29.6 Å². The number of carbonyl (C=O) groups excluding carboxylic acids is 2. The second-order valence-corrected chi connectivity index (χ2v) is 6.55. The third-order valence-electron chi connectivity index (χ3n) is 4.44. The van der Waals surface area contributed by atoms with Gasteiger partial charge in [0.2, 0.25) is 5.75 Å². The van der Waals surface area contributed by atoms with Crippen LogP contribution in [0.5, 0.6) is 23.0 Å². The third-order valence-corrected chi connectivity index (χ3v) is 4.44. The van der Waals surface area contributed by atoms with Crippen molar-refractivity contribution in [2.24, 2.45) is 0 Å². The molecule has 0 spiro atoms. The van der Waals surface area contributed by atoms with Crippen LogP contribution in [0.3, 0.4) is 0 Å². The smallest absolute Gasteiger partial charge is 0.291 e. The van der Waals surface area contributed by atoms with E-state index >= 15 is 0 Å². The highest BCUT2D eigenvalue weighted by Gasteiger charge is 2.14. The molecule has 2 amide bonds. The van der Waals surface area contributed by atoms with Crippen LogP contribution in [0.15, 0.2) is 59.2 Å². The Kier molecular flexibility index (Phi) is 7.58. The average molecular weight is 440 g/mol. The second-order valence-electron chi connectivity index (χ2n) is 6.55. The number of anilines is 1. The van der Waals surface area contributed by atoms with E-state index in [0.29, 0.717) is 28.7 Å². The molecule has 0 fully saturated rings. The van der Waals surface area contributed by atoms with Crippen molar-refractivity contribution in [3.63, 3.8) is 0 Å². The van der Waals surface area contributed by atoms with Crippen molar-refractivity contribution in [2.45, 2.75) is 6.54 Å². The highest BCUT2D eigenvalue weighted by atomic mass is 16.5. The van der Waals surface area contributed by atoms with Crippen molar-refractivity contribution >= 4 is 17.5 Å². The number of amides is 2. The van der Waals surface area contributed by atoms with Crippen LogP contribution in [0.4, 0.5) is 5.69 Å². The molecule has 9 nitrogen and oxygen atoms in total. The predicted molar refractivity (Wildman–Crippen MR) is 117 cm³/mol. The van der Waals surface area contributed by atoms with E-state index in [1.165, 1.54) is 27.6 Å². The molecule has 0 radical (unpaired) electrons. The zero-order valence-corrected chi connectivity index (χ0v) is 18.0. The Bertz CT molecular complexity index is 1020. The normalized spacial score (nSPS) is 10.2. The molecule has 168 valence electrons.